The summed E-state index contributed by atoms with van der Waals surface area (Å²) in [6, 6.07) is 13.8. The maximum Gasteiger partial charge on any atom is 0.250 e. The smallest absolute Gasteiger partial charge is 0.250 e. The van der Waals surface area contributed by atoms with Gasteiger partial charge in [-0.05, 0) is 37.3 Å². The lowest BCUT2D eigenvalue weighted by Gasteiger charge is -2.10. The van der Waals surface area contributed by atoms with Gasteiger partial charge in [0.15, 0.2) is 0 Å². The number of anilines is 1. The Morgan fingerprint density at radius 3 is 2.70 bits per heavy atom. The van der Waals surface area contributed by atoms with Crippen LogP contribution in [0.3, 0.4) is 0 Å². The Bertz CT molecular complexity index is 896. The van der Waals surface area contributed by atoms with Gasteiger partial charge in [-0.2, -0.15) is 0 Å². The molecule has 0 bridgehead atoms. The summed E-state index contributed by atoms with van der Waals surface area (Å²) in [5, 5.41) is 2.61. The number of hydrogen-bond donors (Lipinski definition) is 1. The Hall–Kier alpha value is -3.19. The number of aryl methyl sites for hydroxylation is 1. The molecule has 3 aromatic rings. The molecular weight excluding hydrogens is 349 g/mol. The molecule has 0 spiro atoms. The lowest BCUT2D eigenvalue weighted by Crippen LogP contribution is -2.20. The number of halogens is 1. The van der Waals surface area contributed by atoms with Gasteiger partial charge >= 0.3 is 0 Å². The van der Waals surface area contributed by atoms with E-state index in [0.29, 0.717) is 23.8 Å². The number of carbonyl (C=O) groups excluding carboxylic acids is 1. The number of amides is 1. The minimum absolute atomic E-state index is 0.137. The van der Waals surface area contributed by atoms with Crippen molar-refractivity contribution in [3.8, 4) is 11.4 Å². The number of hydrogen-bond acceptors (Lipinski definition) is 4. The van der Waals surface area contributed by atoms with E-state index in [-0.39, 0.29) is 19.1 Å². The Morgan fingerprint density at radius 2 is 2.00 bits per heavy atom. The van der Waals surface area contributed by atoms with Crippen molar-refractivity contribution in [2.75, 3.05) is 25.1 Å². The van der Waals surface area contributed by atoms with E-state index in [1.807, 2.05) is 30.3 Å². The van der Waals surface area contributed by atoms with Gasteiger partial charge in [0, 0.05) is 18.1 Å². The molecule has 0 radical (unpaired) electrons. The van der Waals surface area contributed by atoms with Gasteiger partial charge in [-0.3, -0.25) is 4.79 Å². The first kappa shape index (κ1) is 18.6. The lowest BCUT2D eigenvalue weighted by molar-refractivity contribution is -0.120. The summed E-state index contributed by atoms with van der Waals surface area (Å²) < 4.78 is 26.7. The number of nitrogens with zero attached hydrogens (tertiary/aromatic N) is 2. The Labute approximate surface area is 156 Å². The summed E-state index contributed by atoms with van der Waals surface area (Å²) in [5.41, 5.74) is 0.737. The molecule has 27 heavy (non-hydrogen) atoms. The molecule has 2 aromatic carbocycles. The van der Waals surface area contributed by atoms with Gasteiger partial charge in [-0.25, -0.2) is 9.37 Å². The molecule has 0 aliphatic rings. The molecule has 0 aliphatic heterocycles. The van der Waals surface area contributed by atoms with Crippen molar-refractivity contribution < 1.29 is 18.7 Å². The molecule has 0 unspecified atom stereocenters. The highest BCUT2D eigenvalue weighted by Crippen LogP contribution is 2.19. The molecule has 1 heterocycles. The minimum Gasteiger partial charge on any atom is -0.491 e. The van der Waals surface area contributed by atoms with E-state index in [2.05, 4.69) is 10.3 Å². The third-order valence-electron chi connectivity index (χ3n) is 3.79. The standard InChI is InChI=1S/C20H20FN3O3/c1-15-22-9-10-24(15)19-8-7-16(13-18(19)21)23-20(25)14-26-11-12-27-17-5-3-2-4-6-17/h2-10,13H,11-12,14H2,1H3,(H,23,25). The van der Waals surface area contributed by atoms with Gasteiger partial charge in [0.25, 0.3) is 0 Å². The van der Waals surface area contributed by atoms with Gasteiger partial charge in [0.05, 0.1) is 12.3 Å². The van der Waals surface area contributed by atoms with Crippen molar-refractivity contribution in [2.24, 2.45) is 0 Å². The quantitative estimate of drug-likeness (QED) is 0.619. The lowest BCUT2D eigenvalue weighted by atomic mass is 10.2. The van der Waals surface area contributed by atoms with Crippen LogP contribution in [-0.4, -0.2) is 35.3 Å². The van der Waals surface area contributed by atoms with Crippen molar-refractivity contribution in [2.45, 2.75) is 6.92 Å². The van der Waals surface area contributed by atoms with Gasteiger partial charge < -0.3 is 19.4 Å². The third-order valence-corrected chi connectivity index (χ3v) is 3.79. The van der Waals surface area contributed by atoms with E-state index >= 15 is 0 Å². The highest BCUT2D eigenvalue weighted by atomic mass is 19.1. The highest BCUT2D eigenvalue weighted by Gasteiger charge is 2.09. The average Bonchev–Trinajstić information content (AvgIpc) is 3.08. The zero-order valence-electron chi connectivity index (χ0n) is 14.9. The summed E-state index contributed by atoms with van der Waals surface area (Å²) in [6.07, 6.45) is 3.28. The topological polar surface area (TPSA) is 65.4 Å². The molecule has 3 rings (SSSR count). The van der Waals surface area contributed by atoms with Crippen LogP contribution in [0.15, 0.2) is 60.9 Å². The van der Waals surface area contributed by atoms with Crippen LogP contribution in [0, 0.1) is 12.7 Å². The maximum atomic E-state index is 14.3. The highest BCUT2D eigenvalue weighted by molar-refractivity contribution is 5.91. The van der Waals surface area contributed by atoms with Gasteiger partial charge in [0.2, 0.25) is 5.91 Å². The number of ether oxygens (including phenoxy) is 2. The maximum absolute atomic E-state index is 14.3. The van der Waals surface area contributed by atoms with Crippen molar-refractivity contribution in [1.29, 1.82) is 0 Å². The molecule has 1 N–H and O–H groups in total. The summed E-state index contributed by atoms with van der Waals surface area (Å²) >= 11 is 0. The second-order valence-corrected chi connectivity index (χ2v) is 5.77. The van der Waals surface area contributed by atoms with Crippen LogP contribution in [-0.2, 0) is 9.53 Å². The second-order valence-electron chi connectivity index (χ2n) is 5.77. The van der Waals surface area contributed by atoms with E-state index in [1.54, 1.807) is 36.0 Å². The van der Waals surface area contributed by atoms with Crippen molar-refractivity contribution in [3.05, 3.63) is 72.6 Å². The fourth-order valence-electron chi connectivity index (χ4n) is 2.51. The number of rotatable bonds is 8. The molecular formula is C20H20FN3O3. The Kier molecular flexibility index (Phi) is 6.17. The second kappa shape index (κ2) is 8.95. The molecule has 6 nitrogen and oxygen atoms in total. The summed E-state index contributed by atoms with van der Waals surface area (Å²) in [7, 11) is 0. The number of imidazole rings is 1. The van der Waals surface area contributed by atoms with Crippen LogP contribution in [0.4, 0.5) is 10.1 Å². The number of benzene rings is 2. The SMILES string of the molecule is Cc1nccn1-c1ccc(NC(=O)COCCOc2ccccc2)cc1F. The first-order valence-corrected chi connectivity index (χ1v) is 8.49. The summed E-state index contributed by atoms with van der Waals surface area (Å²) in [6.45, 7) is 2.26. The molecule has 0 saturated heterocycles. The minimum atomic E-state index is -0.453. The summed E-state index contributed by atoms with van der Waals surface area (Å²) in [5.74, 6) is 0.609. The van der Waals surface area contributed by atoms with Crippen LogP contribution in [0.2, 0.25) is 0 Å². The average molecular weight is 369 g/mol. The van der Waals surface area contributed by atoms with Crippen LogP contribution in [0.5, 0.6) is 5.75 Å². The zero-order valence-corrected chi connectivity index (χ0v) is 14.9. The molecule has 1 aromatic heterocycles. The molecule has 0 saturated carbocycles. The van der Waals surface area contributed by atoms with Crippen LogP contribution < -0.4 is 10.1 Å². The number of para-hydroxylation sites is 1. The van der Waals surface area contributed by atoms with Gasteiger partial charge in [-0.15, -0.1) is 0 Å². The predicted octanol–water partition coefficient (Wildman–Crippen LogP) is 3.35. The predicted molar refractivity (Wildman–Crippen MR) is 99.6 cm³/mol. The van der Waals surface area contributed by atoms with Crippen molar-refractivity contribution >= 4 is 11.6 Å². The zero-order chi connectivity index (χ0) is 19.1. The fourth-order valence-corrected chi connectivity index (χ4v) is 2.51. The molecule has 0 atom stereocenters. The molecule has 1 amide bonds. The van der Waals surface area contributed by atoms with E-state index in [4.69, 9.17) is 9.47 Å². The third kappa shape index (κ3) is 5.15. The fraction of sp³-hybridized carbons (Fsp3) is 0.200. The largest absolute Gasteiger partial charge is 0.491 e. The first-order chi connectivity index (χ1) is 13.1. The molecule has 7 heteroatoms. The van der Waals surface area contributed by atoms with E-state index in [1.165, 1.54) is 6.07 Å². The number of aromatic nitrogens is 2. The number of carbonyl (C=O) groups is 1. The van der Waals surface area contributed by atoms with Crippen molar-refractivity contribution in [1.82, 2.24) is 9.55 Å². The van der Waals surface area contributed by atoms with Crippen LogP contribution in [0.1, 0.15) is 5.82 Å². The van der Waals surface area contributed by atoms with Gasteiger partial charge in [0.1, 0.15) is 30.6 Å². The Morgan fingerprint density at radius 1 is 1.19 bits per heavy atom. The van der Waals surface area contributed by atoms with E-state index in [9.17, 15) is 9.18 Å². The number of nitrogens with one attached hydrogen (secondary N) is 1. The van der Waals surface area contributed by atoms with Crippen molar-refractivity contribution in [3.63, 3.8) is 0 Å². The Balaban J connectivity index is 1.44. The van der Waals surface area contributed by atoms with E-state index in [0.717, 1.165) is 5.75 Å². The molecule has 0 aliphatic carbocycles. The van der Waals surface area contributed by atoms with Crippen LogP contribution >= 0.6 is 0 Å². The van der Waals surface area contributed by atoms with Gasteiger partial charge in [-0.1, -0.05) is 18.2 Å². The molecule has 140 valence electrons. The van der Waals surface area contributed by atoms with Crippen LogP contribution in [0.25, 0.3) is 5.69 Å². The summed E-state index contributed by atoms with van der Waals surface area (Å²) in [4.78, 5) is 16.0. The monoisotopic (exact) mass is 369 g/mol. The molecule has 0 fully saturated rings. The first-order valence-electron chi connectivity index (χ1n) is 8.49. The normalized spacial score (nSPS) is 10.6. The van der Waals surface area contributed by atoms with E-state index < -0.39 is 5.82 Å².